The maximum atomic E-state index is 4.25. The Kier molecular flexibility index (Phi) is 2.87. The molecule has 1 saturated heterocycles. The fraction of sp³-hybridized carbons (Fsp3) is 0.545. The van der Waals surface area contributed by atoms with Crippen LogP contribution < -0.4 is 10.6 Å². The number of imidazole rings is 1. The number of nitrogens with zero attached hydrogens (tertiary/aromatic N) is 3. The van der Waals surface area contributed by atoms with Crippen LogP contribution in [0.2, 0.25) is 0 Å². The van der Waals surface area contributed by atoms with E-state index in [2.05, 4.69) is 30.6 Å². The fourth-order valence-electron chi connectivity index (χ4n) is 2.24. The molecule has 2 aromatic heterocycles. The minimum absolute atomic E-state index is 0.677. The molecule has 1 aliphatic heterocycles. The van der Waals surface area contributed by atoms with Crippen LogP contribution in [0.15, 0.2) is 12.7 Å². The zero-order valence-electron chi connectivity index (χ0n) is 9.61. The topological polar surface area (TPSA) is 78.5 Å². The summed E-state index contributed by atoms with van der Waals surface area (Å²) in [6.45, 7) is 3.18. The van der Waals surface area contributed by atoms with Crippen molar-refractivity contribution in [2.45, 2.75) is 12.8 Å². The first-order chi connectivity index (χ1) is 8.43. The molecule has 0 amide bonds. The van der Waals surface area contributed by atoms with Gasteiger partial charge >= 0.3 is 0 Å². The first-order valence-electron chi connectivity index (χ1n) is 6.02. The number of piperidine rings is 1. The molecule has 3 rings (SSSR count). The summed E-state index contributed by atoms with van der Waals surface area (Å²) < 4.78 is 0. The van der Waals surface area contributed by atoms with Gasteiger partial charge in [0.1, 0.15) is 11.8 Å². The largest absolute Gasteiger partial charge is 0.368 e. The van der Waals surface area contributed by atoms with Crippen molar-refractivity contribution < 1.29 is 0 Å². The summed E-state index contributed by atoms with van der Waals surface area (Å²) in [5, 5.41) is 6.79. The van der Waals surface area contributed by atoms with Crippen molar-refractivity contribution in [1.82, 2.24) is 25.3 Å². The maximum absolute atomic E-state index is 4.25. The number of rotatable bonds is 3. The van der Waals surface area contributed by atoms with Crippen LogP contribution in [0.5, 0.6) is 0 Å². The number of H-pyrrole nitrogens is 1. The van der Waals surface area contributed by atoms with Crippen LogP contribution >= 0.6 is 0 Å². The smallest absolute Gasteiger partial charge is 0.182 e. The Morgan fingerprint density at radius 1 is 1.35 bits per heavy atom. The maximum Gasteiger partial charge on any atom is 0.182 e. The number of nitrogens with one attached hydrogen (secondary N) is 3. The van der Waals surface area contributed by atoms with Crippen LogP contribution in [0.3, 0.4) is 0 Å². The average Bonchev–Trinajstić information content (AvgIpc) is 2.86. The summed E-state index contributed by atoms with van der Waals surface area (Å²) in [4.78, 5) is 15.5. The lowest BCUT2D eigenvalue weighted by atomic mass is 10.00. The number of hydrogen-bond acceptors (Lipinski definition) is 5. The van der Waals surface area contributed by atoms with E-state index in [0.29, 0.717) is 11.6 Å². The second-order valence-electron chi connectivity index (χ2n) is 4.42. The van der Waals surface area contributed by atoms with Gasteiger partial charge in [0.05, 0.1) is 6.33 Å². The monoisotopic (exact) mass is 232 g/mol. The molecule has 90 valence electrons. The van der Waals surface area contributed by atoms with Crippen LogP contribution in [-0.2, 0) is 0 Å². The van der Waals surface area contributed by atoms with E-state index < -0.39 is 0 Å². The summed E-state index contributed by atoms with van der Waals surface area (Å²) in [5.41, 5.74) is 1.60. The zero-order valence-corrected chi connectivity index (χ0v) is 9.61. The van der Waals surface area contributed by atoms with Gasteiger partial charge in [-0.05, 0) is 31.8 Å². The number of aromatic amines is 1. The highest BCUT2D eigenvalue weighted by Crippen LogP contribution is 2.16. The third-order valence-electron chi connectivity index (χ3n) is 3.18. The van der Waals surface area contributed by atoms with Crippen molar-refractivity contribution in [3.8, 4) is 0 Å². The third kappa shape index (κ3) is 2.21. The van der Waals surface area contributed by atoms with Crippen LogP contribution in [0.1, 0.15) is 12.8 Å². The molecule has 17 heavy (non-hydrogen) atoms. The summed E-state index contributed by atoms with van der Waals surface area (Å²) in [6.07, 6.45) is 5.73. The van der Waals surface area contributed by atoms with Crippen molar-refractivity contribution in [2.24, 2.45) is 5.92 Å². The van der Waals surface area contributed by atoms with Gasteiger partial charge in [-0.25, -0.2) is 15.0 Å². The van der Waals surface area contributed by atoms with Gasteiger partial charge in [-0.3, -0.25) is 0 Å². The second kappa shape index (κ2) is 4.67. The molecule has 2 aromatic rings. The Bertz CT molecular complexity index is 487. The molecule has 0 aromatic carbocycles. The zero-order chi connectivity index (χ0) is 11.5. The number of hydrogen-bond donors (Lipinski definition) is 3. The molecule has 0 saturated carbocycles. The Labute approximate surface area is 99.3 Å². The van der Waals surface area contributed by atoms with E-state index in [9.17, 15) is 0 Å². The SMILES string of the molecule is c1nc(NCC2CCCNC2)c2[nH]cnc2n1. The van der Waals surface area contributed by atoms with Crippen molar-refractivity contribution in [3.05, 3.63) is 12.7 Å². The predicted octanol–water partition coefficient (Wildman–Crippen LogP) is 0.764. The van der Waals surface area contributed by atoms with Gasteiger partial charge in [0.2, 0.25) is 0 Å². The Morgan fingerprint density at radius 3 is 3.24 bits per heavy atom. The molecule has 0 radical (unpaired) electrons. The molecule has 1 unspecified atom stereocenters. The molecular formula is C11H16N6. The van der Waals surface area contributed by atoms with E-state index in [1.807, 2.05) is 0 Å². The minimum Gasteiger partial charge on any atom is -0.368 e. The van der Waals surface area contributed by atoms with Gasteiger partial charge in [0.25, 0.3) is 0 Å². The lowest BCUT2D eigenvalue weighted by molar-refractivity contribution is 0.392. The van der Waals surface area contributed by atoms with Crippen LogP contribution in [-0.4, -0.2) is 39.6 Å². The molecule has 0 spiro atoms. The average molecular weight is 232 g/mol. The molecule has 1 aliphatic rings. The van der Waals surface area contributed by atoms with E-state index >= 15 is 0 Å². The molecule has 6 heteroatoms. The Hall–Kier alpha value is -1.69. The summed E-state index contributed by atoms with van der Waals surface area (Å²) in [7, 11) is 0. The van der Waals surface area contributed by atoms with E-state index in [1.165, 1.54) is 12.8 Å². The summed E-state index contributed by atoms with van der Waals surface area (Å²) in [5.74, 6) is 1.52. The molecule has 0 bridgehead atoms. The van der Waals surface area contributed by atoms with Crippen LogP contribution in [0.4, 0.5) is 5.82 Å². The van der Waals surface area contributed by atoms with E-state index in [0.717, 1.165) is 31.0 Å². The first-order valence-corrected chi connectivity index (χ1v) is 6.02. The number of anilines is 1. The second-order valence-corrected chi connectivity index (χ2v) is 4.42. The lowest BCUT2D eigenvalue weighted by Crippen LogP contribution is -2.33. The molecular weight excluding hydrogens is 216 g/mol. The van der Waals surface area contributed by atoms with Crippen molar-refractivity contribution >= 4 is 17.0 Å². The Balaban J connectivity index is 1.69. The fourth-order valence-corrected chi connectivity index (χ4v) is 2.24. The van der Waals surface area contributed by atoms with Crippen molar-refractivity contribution in [2.75, 3.05) is 25.0 Å². The highest BCUT2D eigenvalue weighted by atomic mass is 15.1. The van der Waals surface area contributed by atoms with E-state index in [-0.39, 0.29) is 0 Å². The van der Waals surface area contributed by atoms with Crippen LogP contribution in [0, 0.1) is 5.92 Å². The predicted molar refractivity (Wildman–Crippen MR) is 65.8 cm³/mol. The minimum atomic E-state index is 0.677. The first kappa shape index (κ1) is 10.5. The number of aromatic nitrogens is 4. The number of fused-ring (bicyclic) bond motifs is 1. The van der Waals surface area contributed by atoms with Gasteiger partial charge in [-0.2, -0.15) is 0 Å². The highest BCUT2D eigenvalue weighted by Gasteiger charge is 2.13. The van der Waals surface area contributed by atoms with Crippen molar-refractivity contribution in [1.29, 1.82) is 0 Å². The van der Waals surface area contributed by atoms with Gasteiger partial charge in [-0.15, -0.1) is 0 Å². The molecule has 1 atom stereocenters. The summed E-state index contributed by atoms with van der Waals surface area (Å²) >= 11 is 0. The lowest BCUT2D eigenvalue weighted by Gasteiger charge is -2.23. The van der Waals surface area contributed by atoms with E-state index in [4.69, 9.17) is 0 Å². The van der Waals surface area contributed by atoms with Crippen LogP contribution in [0.25, 0.3) is 11.2 Å². The molecule has 1 fully saturated rings. The molecule has 3 heterocycles. The van der Waals surface area contributed by atoms with Gasteiger partial charge in [0, 0.05) is 6.54 Å². The molecule has 3 N–H and O–H groups in total. The quantitative estimate of drug-likeness (QED) is 0.728. The van der Waals surface area contributed by atoms with Gasteiger partial charge in [-0.1, -0.05) is 0 Å². The molecule has 0 aliphatic carbocycles. The normalized spacial score (nSPS) is 20.6. The van der Waals surface area contributed by atoms with Crippen molar-refractivity contribution in [3.63, 3.8) is 0 Å². The standard InChI is InChI=1S/C11H16N6/c1-2-8(4-12-3-1)5-13-10-9-11(15-6-14-9)17-7-16-10/h6-8,12H,1-5H2,(H2,13,14,15,16,17). The molecule has 6 nitrogen and oxygen atoms in total. The third-order valence-corrected chi connectivity index (χ3v) is 3.18. The van der Waals surface area contributed by atoms with E-state index in [1.54, 1.807) is 12.7 Å². The van der Waals surface area contributed by atoms with Gasteiger partial charge in [0.15, 0.2) is 11.5 Å². The summed E-state index contributed by atoms with van der Waals surface area (Å²) in [6, 6.07) is 0. The van der Waals surface area contributed by atoms with Gasteiger partial charge < -0.3 is 15.6 Å². The Morgan fingerprint density at radius 2 is 2.35 bits per heavy atom. The highest BCUT2D eigenvalue weighted by molar-refractivity contribution is 5.81.